The first-order valence-electron chi connectivity index (χ1n) is 8.52. The number of carbonyl (C=O) groups is 1. The first-order valence-corrected chi connectivity index (χ1v) is 8.52. The summed E-state index contributed by atoms with van der Waals surface area (Å²) < 4.78 is 16.0. The second kappa shape index (κ2) is 8.80. The molecule has 0 bridgehead atoms. The Balaban J connectivity index is 1.55. The predicted molar refractivity (Wildman–Crippen MR) is 101 cm³/mol. The molecule has 0 saturated carbocycles. The molecule has 27 heavy (non-hydrogen) atoms. The molecule has 0 unspecified atom stereocenters. The monoisotopic (exact) mass is 364 g/mol. The fraction of sp³-hybridized carbons (Fsp3) is 0.190. The molecule has 2 aromatic heterocycles. The topological polar surface area (TPSA) is 74.5 Å². The molecular formula is C21H20N2O4. The lowest BCUT2D eigenvalue weighted by atomic mass is 10.2. The Kier molecular flexibility index (Phi) is 5.99. The fourth-order valence-corrected chi connectivity index (χ4v) is 2.42. The number of nitrogens with zero attached hydrogens (tertiary/aromatic N) is 2. The maximum absolute atomic E-state index is 11.1. The van der Waals surface area contributed by atoms with E-state index in [0.29, 0.717) is 24.8 Å². The van der Waals surface area contributed by atoms with Gasteiger partial charge in [0.1, 0.15) is 5.76 Å². The van der Waals surface area contributed by atoms with Crippen molar-refractivity contribution < 1.29 is 18.7 Å². The number of benzene rings is 1. The molecule has 1 aromatic carbocycles. The highest BCUT2D eigenvalue weighted by Gasteiger charge is 2.11. The summed E-state index contributed by atoms with van der Waals surface area (Å²) in [7, 11) is 1.33. The number of hydrogen-bond acceptors (Lipinski definition) is 6. The molecule has 0 amide bonds. The largest absolute Gasteiger partial charge is 0.477 e. The van der Waals surface area contributed by atoms with E-state index >= 15 is 0 Å². The molecular weight excluding hydrogens is 344 g/mol. The molecule has 0 aliphatic heterocycles. The molecule has 0 aliphatic rings. The Morgan fingerprint density at radius 3 is 2.70 bits per heavy atom. The van der Waals surface area contributed by atoms with Crippen molar-refractivity contribution in [2.24, 2.45) is 0 Å². The maximum atomic E-state index is 11.1. The van der Waals surface area contributed by atoms with Crippen LogP contribution in [0, 0.1) is 6.92 Å². The minimum absolute atomic E-state index is 0.409. The summed E-state index contributed by atoms with van der Waals surface area (Å²) in [6, 6.07) is 13.4. The highest BCUT2D eigenvalue weighted by Crippen LogP contribution is 2.21. The molecule has 0 spiro atoms. The molecule has 0 N–H and O–H groups in total. The van der Waals surface area contributed by atoms with Gasteiger partial charge in [-0.2, -0.15) is 0 Å². The molecule has 3 rings (SSSR count). The van der Waals surface area contributed by atoms with Crippen LogP contribution in [-0.4, -0.2) is 29.7 Å². The zero-order valence-corrected chi connectivity index (χ0v) is 15.2. The summed E-state index contributed by atoms with van der Waals surface area (Å²) >= 11 is 0. The van der Waals surface area contributed by atoms with Crippen molar-refractivity contribution in [1.82, 2.24) is 9.97 Å². The maximum Gasteiger partial charge on any atom is 0.330 e. The van der Waals surface area contributed by atoms with Gasteiger partial charge in [0.2, 0.25) is 11.8 Å². The first kappa shape index (κ1) is 18.4. The molecule has 2 heterocycles. The van der Waals surface area contributed by atoms with E-state index in [4.69, 9.17) is 9.15 Å². The Labute approximate surface area is 157 Å². The number of aromatic nitrogens is 2. The molecule has 6 nitrogen and oxygen atoms in total. The van der Waals surface area contributed by atoms with Gasteiger partial charge in [0.25, 0.3) is 0 Å². The highest BCUT2D eigenvalue weighted by molar-refractivity contribution is 5.86. The van der Waals surface area contributed by atoms with E-state index in [2.05, 4.69) is 14.7 Å². The number of oxazole rings is 1. The van der Waals surface area contributed by atoms with E-state index in [1.807, 2.05) is 43.3 Å². The number of hydrogen-bond donors (Lipinski definition) is 0. The molecule has 0 saturated heterocycles. The standard InChI is InChI=1S/C21H20N2O4/c1-15-18(23-21(27-15)17-6-4-3-5-7-17)12-13-26-19-10-8-16(14-22-19)9-11-20(24)25-2/h3-11,14H,12-13H2,1-2H3. The third-order valence-corrected chi connectivity index (χ3v) is 3.87. The molecule has 0 fully saturated rings. The molecule has 138 valence electrons. The zero-order chi connectivity index (χ0) is 19.1. The van der Waals surface area contributed by atoms with Crippen LogP contribution in [0.25, 0.3) is 17.5 Å². The molecule has 0 atom stereocenters. The van der Waals surface area contributed by atoms with Crippen LogP contribution in [0.5, 0.6) is 5.88 Å². The summed E-state index contributed by atoms with van der Waals surface area (Å²) in [5.41, 5.74) is 2.60. The van der Waals surface area contributed by atoms with Gasteiger partial charge in [-0.15, -0.1) is 0 Å². The van der Waals surface area contributed by atoms with Gasteiger partial charge >= 0.3 is 5.97 Å². The van der Waals surface area contributed by atoms with Gasteiger partial charge in [-0.05, 0) is 36.8 Å². The van der Waals surface area contributed by atoms with Gasteiger partial charge in [0.15, 0.2) is 0 Å². The van der Waals surface area contributed by atoms with E-state index in [1.165, 1.54) is 13.2 Å². The Bertz CT molecular complexity index is 915. The van der Waals surface area contributed by atoms with Crippen molar-refractivity contribution in [2.75, 3.05) is 13.7 Å². The average molecular weight is 364 g/mol. The predicted octanol–water partition coefficient (Wildman–Crippen LogP) is 3.85. The van der Waals surface area contributed by atoms with Gasteiger partial charge in [0, 0.05) is 30.3 Å². The summed E-state index contributed by atoms with van der Waals surface area (Å²) in [5.74, 6) is 1.50. The van der Waals surface area contributed by atoms with E-state index < -0.39 is 5.97 Å². The number of carbonyl (C=O) groups excluding carboxylic acids is 1. The summed E-state index contributed by atoms with van der Waals surface area (Å²) in [6.07, 6.45) is 5.22. The van der Waals surface area contributed by atoms with Crippen LogP contribution < -0.4 is 4.74 Å². The quantitative estimate of drug-likeness (QED) is 0.468. The minimum Gasteiger partial charge on any atom is -0.477 e. The molecule has 0 radical (unpaired) electrons. The number of esters is 1. The normalized spacial score (nSPS) is 10.9. The van der Waals surface area contributed by atoms with Gasteiger partial charge in [-0.3, -0.25) is 0 Å². The van der Waals surface area contributed by atoms with Gasteiger partial charge < -0.3 is 13.9 Å². The van der Waals surface area contributed by atoms with Crippen LogP contribution in [0.4, 0.5) is 0 Å². The van der Waals surface area contributed by atoms with Crippen LogP contribution in [0.2, 0.25) is 0 Å². The van der Waals surface area contributed by atoms with Gasteiger partial charge in [0.05, 0.1) is 19.4 Å². The lowest BCUT2D eigenvalue weighted by Gasteiger charge is -2.04. The second-order valence-corrected chi connectivity index (χ2v) is 5.77. The van der Waals surface area contributed by atoms with Crippen LogP contribution in [-0.2, 0) is 16.0 Å². The van der Waals surface area contributed by atoms with Crippen molar-refractivity contribution in [3.63, 3.8) is 0 Å². The Morgan fingerprint density at radius 1 is 1.19 bits per heavy atom. The van der Waals surface area contributed by atoms with Crippen molar-refractivity contribution in [1.29, 1.82) is 0 Å². The van der Waals surface area contributed by atoms with Crippen LogP contribution in [0.1, 0.15) is 17.0 Å². The summed E-state index contributed by atoms with van der Waals surface area (Å²) in [4.78, 5) is 19.9. The minimum atomic E-state index is -0.409. The van der Waals surface area contributed by atoms with E-state index in [9.17, 15) is 4.79 Å². The lowest BCUT2D eigenvalue weighted by molar-refractivity contribution is -0.134. The SMILES string of the molecule is COC(=O)C=Cc1ccc(OCCc2nc(-c3ccccc3)oc2C)nc1. The molecule has 3 aromatic rings. The smallest absolute Gasteiger partial charge is 0.330 e. The van der Waals surface area contributed by atoms with E-state index in [-0.39, 0.29) is 0 Å². The van der Waals surface area contributed by atoms with Crippen molar-refractivity contribution in [3.05, 3.63) is 71.8 Å². The van der Waals surface area contributed by atoms with Crippen molar-refractivity contribution in [2.45, 2.75) is 13.3 Å². The third-order valence-electron chi connectivity index (χ3n) is 3.87. The van der Waals surface area contributed by atoms with Crippen LogP contribution in [0.15, 0.2) is 59.2 Å². The van der Waals surface area contributed by atoms with Crippen LogP contribution >= 0.6 is 0 Å². The van der Waals surface area contributed by atoms with Gasteiger partial charge in [-0.1, -0.05) is 18.2 Å². The van der Waals surface area contributed by atoms with E-state index in [0.717, 1.165) is 22.6 Å². The van der Waals surface area contributed by atoms with Crippen LogP contribution in [0.3, 0.4) is 0 Å². The van der Waals surface area contributed by atoms with Gasteiger partial charge in [-0.25, -0.2) is 14.8 Å². The number of aryl methyl sites for hydroxylation is 1. The molecule has 0 aliphatic carbocycles. The Morgan fingerprint density at radius 2 is 2.00 bits per heavy atom. The highest BCUT2D eigenvalue weighted by atomic mass is 16.5. The van der Waals surface area contributed by atoms with Crippen molar-refractivity contribution >= 4 is 12.0 Å². The number of pyridine rings is 1. The van der Waals surface area contributed by atoms with E-state index in [1.54, 1.807) is 18.3 Å². The zero-order valence-electron chi connectivity index (χ0n) is 15.2. The lowest BCUT2D eigenvalue weighted by Crippen LogP contribution is -2.03. The third kappa shape index (κ3) is 5.04. The first-order chi connectivity index (χ1) is 13.2. The van der Waals surface area contributed by atoms with Crippen molar-refractivity contribution in [3.8, 4) is 17.3 Å². The summed E-state index contributed by atoms with van der Waals surface area (Å²) in [5, 5.41) is 0. The number of rotatable bonds is 7. The Hall–Kier alpha value is -3.41. The number of ether oxygens (including phenoxy) is 2. The molecule has 6 heteroatoms. The summed E-state index contributed by atoms with van der Waals surface area (Å²) in [6.45, 7) is 2.33. The second-order valence-electron chi connectivity index (χ2n) is 5.77. The number of methoxy groups -OCH3 is 1. The average Bonchev–Trinajstić information content (AvgIpc) is 3.08. The fourth-order valence-electron chi connectivity index (χ4n) is 2.42.